The van der Waals surface area contributed by atoms with Gasteiger partial charge in [-0.05, 0) is 34.1 Å². The summed E-state index contributed by atoms with van der Waals surface area (Å²) in [4.78, 5) is 0.219. The van der Waals surface area contributed by atoms with Crippen molar-refractivity contribution >= 4 is 67.8 Å². The quantitative estimate of drug-likeness (QED) is 0.626. The Labute approximate surface area is 133 Å². The molecule has 0 aliphatic carbocycles. The number of aromatic nitrogens is 2. The van der Waals surface area contributed by atoms with Crippen LogP contribution in [0.4, 0.5) is 11.5 Å². The molecule has 4 nitrogen and oxygen atoms in total. The van der Waals surface area contributed by atoms with E-state index in [0.717, 1.165) is 0 Å². The highest BCUT2D eigenvalue weighted by atomic mass is 79.9. The van der Waals surface area contributed by atoms with Gasteiger partial charge in [0.1, 0.15) is 4.99 Å². The maximum absolute atomic E-state index is 6.14. The lowest BCUT2D eigenvalue weighted by Gasteiger charge is -2.11. The summed E-state index contributed by atoms with van der Waals surface area (Å²) >= 11 is 20.4. The van der Waals surface area contributed by atoms with E-state index in [-0.39, 0.29) is 4.99 Å². The van der Waals surface area contributed by atoms with Crippen molar-refractivity contribution < 1.29 is 0 Å². The highest BCUT2D eigenvalue weighted by molar-refractivity contribution is 9.10. The van der Waals surface area contributed by atoms with Gasteiger partial charge in [-0.1, -0.05) is 35.4 Å². The molecule has 0 atom stereocenters. The van der Waals surface area contributed by atoms with Gasteiger partial charge in [0.2, 0.25) is 0 Å². The van der Waals surface area contributed by atoms with E-state index < -0.39 is 0 Å². The second-order valence-electron chi connectivity index (χ2n) is 3.51. The van der Waals surface area contributed by atoms with Gasteiger partial charge in [0.25, 0.3) is 0 Å². The van der Waals surface area contributed by atoms with Crippen molar-refractivity contribution in [2.24, 2.45) is 5.73 Å². The van der Waals surface area contributed by atoms with Crippen LogP contribution in [-0.2, 0) is 0 Å². The van der Waals surface area contributed by atoms with Gasteiger partial charge in [-0.15, -0.1) is 5.10 Å². The van der Waals surface area contributed by atoms with Crippen LogP contribution in [0.5, 0.6) is 0 Å². The van der Waals surface area contributed by atoms with Crippen molar-refractivity contribution in [1.82, 2.24) is 10.2 Å². The van der Waals surface area contributed by atoms with Gasteiger partial charge in [-0.2, -0.15) is 5.10 Å². The highest BCUT2D eigenvalue weighted by Crippen LogP contribution is 2.37. The summed E-state index contributed by atoms with van der Waals surface area (Å²) in [5.41, 5.74) is 6.79. The van der Waals surface area contributed by atoms with Crippen molar-refractivity contribution in [1.29, 1.82) is 0 Å². The first kappa shape index (κ1) is 14.5. The standard InChI is InChI=1S/C11H7BrCl2N4S/c12-6-1-2-7(9(14)8(6)13)17-11-5(10(15)19)3-4-16-18-11/h1-4H,(H2,15,19)(H,17,18). The summed E-state index contributed by atoms with van der Waals surface area (Å²) in [7, 11) is 0. The number of thiocarbonyl (C=S) groups is 1. The highest BCUT2D eigenvalue weighted by Gasteiger charge is 2.12. The second-order valence-corrected chi connectivity index (χ2v) is 5.56. The van der Waals surface area contributed by atoms with Crippen LogP contribution >= 0.6 is 51.3 Å². The number of hydrogen-bond acceptors (Lipinski definition) is 4. The summed E-state index contributed by atoms with van der Waals surface area (Å²) in [5.74, 6) is 0.426. The molecule has 1 aromatic carbocycles. The first-order valence-electron chi connectivity index (χ1n) is 5.02. The third kappa shape index (κ3) is 3.14. The molecule has 2 aromatic rings. The van der Waals surface area contributed by atoms with Crippen LogP contribution < -0.4 is 11.1 Å². The Bertz CT molecular complexity index is 651. The average molecular weight is 378 g/mol. The molecule has 3 N–H and O–H groups in total. The molecule has 0 aliphatic rings. The van der Waals surface area contributed by atoms with Crippen LogP contribution in [0.15, 0.2) is 28.9 Å². The minimum atomic E-state index is 0.219. The van der Waals surface area contributed by atoms with Crippen LogP contribution in [0.3, 0.4) is 0 Å². The average Bonchev–Trinajstić information content (AvgIpc) is 2.40. The van der Waals surface area contributed by atoms with E-state index in [9.17, 15) is 0 Å². The van der Waals surface area contributed by atoms with Crippen LogP contribution in [0, 0.1) is 0 Å². The zero-order valence-electron chi connectivity index (χ0n) is 9.32. The Morgan fingerprint density at radius 3 is 2.68 bits per heavy atom. The topological polar surface area (TPSA) is 63.8 Å². The number of hydrogen-bond donors (Lipinski definition) is 2. The van der Waals surface area contributed by atoms with Crippen molar-refractivity contribution in [3.05, 3.63) is 44.5 Å². The summed E-state index contributed by atoms with van der Waals surface area (Å²) in [6.07, 6.45) is 1.51. The lowest BCUT2D eigenvalue weighted by molar-refractivity contribution is 1.03. The normalized spacial score (nSPS) is 10.3. The van der Waals surface area contributed by atoms with Crippen molar-refractivity contribution in [3.8, 4) is 0 Å². The maximum Gasteiger partial charge on any atom is 0.163 e. The van der Waals surface area contributed by atoms with E-state index in [0.29, 0.717) is 31.6 Å². The fourth-order valence-electron chi connectivity index (χ4n) is 1.37. The molecule has 0 bridgehead atoms. The first-order valence-corrected chi connectivity index (χ1v) is 6.98. The van der Waals surface area contributed by atoms with E-state index in [1.807, 2.05) is 0 Å². The molecule has 0 unspecified atom stereocenters. The SMILES string of the molecule is NC(=S)c1ccnnc1Nc1ccc(Br)c(Cl)c1Cl. The molecule has 0 radical (unpaired) electrons. The Morgan fingerprint density at radius 2 is 2.00 bits per heavy atom. The number of halogens is 3. The van der Waals surface area contributed by atoms with Gasteiger partial charge in [-0.25, -0.2) is 0 Å². The summed E-state index contributed by atoms with van der Waals surface area (Å²) < 4.78 is 0.707. The molecule has 1 heterocycles. The van der Waals surface area contributed by atoms with Crippen LogP contribution in [-0.4, -0.2) is 15.2 Å². The monoisotopic (exact) mass is 376 g/mol. The zero-order valence-corrected chi connectivity index (χ0v) is 13.2. The Kier molecular flexibility index (Phi) is 4.57. The molecule has 98 valence electrons. The van der Waals surface area contributed by atoms with Crippen molar-refractivity contribution in [2.75, 3.05) is 5.32 Å². The minimum absolute atomic E-state index is 0.219. The van der Waals surface area contributed by atoms with E-state index in [2.05, 4.69) is 31.4 Å². The van der Waals surface area contributed by atoms with Crippen molar-refractivity contribution in [3.63, 3.8) is 0 Å². The Balaban J connectivity index is 2.42. The molecular formula is C11H7BrCl2N4S. The number of nitrogens with two attached hydrogens (primary N) is 1. The Morgan fingerprint density at radius 1 is 1.26 bits per heavy atom. The van der Waals surface area contributed by atoms with Gasteiger partial charge < -0.3 is 11.1 Å². The van der Waals surface area contributed by atoms with E-state index in [4.69, 9.17) is 41.2 Å². The number of nitrogens with zero attached hydrogens (tertiary/aromatic N) is 2. The van der Waals surface area contributed by atoms with Gasteiger partial charge in [0.15, 0.2) is 5.82 Å². The molecule has 0 amide bonds. The number of anilines is 2. The third-order valence-corrected chi connectivity index (χ3v) is 4.27. The second kappa shape index (κ2) is 6.00. The smallest absolute Gasteiger partial charge is 0.163 e. The van der Waals surface area contributed by atoms with Crippen molar-refractivity contribution in [2.45, 2.75) is 0 Å². The molecule has 8 heteroatoms. The number of rotatable bonds is 3. The third-order valence-electron chi connectivity index (χ3n) is 2.27. The van der Waals surface area contributed by atoms with Gasteiger partial charge in [0, 0.05) is 4.47 Å². The van der Waals surface area contributed by atoms with E-state index >= 15 is 0 Å². The first-order chi connectivity index (χ1) is 9.00. The minimum Gasteiger partial charge on any atom is -0.389 e. The molecule has 0 aliphatic heterocycles. The number of nitrogens with one attached hydrogen (secondary N) is 1. The largest absolute Gasteiger partial charge is 0.389 e. The summed E-state index contributed by atoms with van der Waals surface area (Å²) in [6, 6.07) is 5.20. The molecule has 0 saturated heterocycles. The van der Waals surface area contributed by atoms with E-state index in [1.165, 1.54) is 6.20 Å². The van der Waals surface area contributed by atoms with Crippen LogP contribution in [0.1, 0.15) is 5.56 Å². The zero-order chi connectivity index (χ0) is 14.0. The van der Waals surface area contributed by atoms with Gasteiger partial charge in [-0.3, -0.25) is 0 Å². The lowest BCUT2D eigenvalue weighted by atomic mass is 10.2. The fourth-order valence-corrected chi connectivity index (χ4v) is 2.36. The van der Waals surface area contributed by atoms with E-state index in [1.54, 1.807) is 18.2 Å². The van der Waals surface area contributed by atoms with Gasteiger partial charge in [0.05, 0.1) is 27.5 Å². The molecule has 19 heavy (non-hydrogen) atoms. The number of benzene rings is 1. The lowest BCUT2D eigenvalue weighted by Crippen LogP contribution is -2.13. The maximum atomic E-state index is 6.14. The van der Waals surface area contributed by atoms with Gasteiger partial charge >= 0.3 is 0 Å². The van der Waals surface area contributed by atoms with Crippen LogP contribution in [0.25, 0.3) is 0 Å². The fraction of sp³-hybridized carbons (Fsp3) is 0. The Hall–Kier alpha value is -0.950. The molecule has 0 spiro atoms. The predicted octanol–water partition coefficient (Wildman–Crippen LogP) is 3.92. The summed E-state index contributed by atoms with van der Waals surface area (Å²) in [5, 5.41) is 11.5. The molecule has 1 aromatic heterocycles. The predicted molar refractivity (Wildman–Crippen MR) is 85.4 cm³/mol. The van der Waals surface area contributed by atoms with Crippen LogP contribution in [0.2, 0.25) is 10.0 Å². The molecule has 0 fully saturated rings. The molecule has 0 saturated carbocycles. The molecular weight excluding hydrogens is 371 g/mol. The molecule has 2 rings (SSSR count). The summed E-state index contributed by atoms with van der Waals surface area (Å²) in [6.45, 7) is 0.